The lowest BCUT2D eigenvalue weighted by Gasteiger charge is -2.14. The van der Waals surface area contributed by atoms with Gasteiger partial charge in [-0.1, -0.05) is 6.92 Å². The molecule has 1 saturated heterocycles. The summed E-state index contributed by atoms with van der Waals surface area (Å²) >= 11 is 1.79. The first kappa shape index (κ1) is 10.6. The molecule has 0 bridgehead atoms. The largest absolute Gasteiger partial charge is 0.336 e. The summed E-state index contributed by atoms with van der Waals surface area (Å²) < 4.78 is 0. The van der Waals surface area contributed by atoms with E-state index in [0.29, 0.717) is 0 Å². The number of nitrogens with two attached hydrogens (primary N) is 1. The molecule has 0 spiro atoms. The van der Waals surface area contributed by atoms with E-state index in [9.17, 15) is 4.79 Å². The van der Waals surface area contributed by atoms with Gasteiger partial charge in [0.1, 0.15) is 0 Å². The van der Waals surface area contributed by atoms with Crippen LogP contribution in [-0.2, 0) is 17.8 Å². The summed E-state index contributed by atoms with van der Waals surface area (Å²) in [5, 5.41) is 0. The molecule has 1 aliphatic heterocycles. The van der Waals surface area contributed by atoms with Gasteiger partial charge in [-0.05, 0) is 25.0 Å². The minimum Gasteiger partial charge on any atom is -0.336 e. The number of likely N-dealkylation sites (tertiary alicyclic amines) is 1. The van der Waals surface area contributed by atoms with Crippen molar-refractivity contribution in [1.29, 1.82) is 0 Å². The Morgan fingerprint density at radius 3 is 2.80 bits per heavy atom. The summed E-state index contributed by atoms with van der Waals surface area (Å²) in [5.74, 6) is 0.0986. The summed E-state index contributed by atoms with van der Waals surface area (Å²) in [6.45, 7) is 3.68. The number of carbonyl (C=O) groups excluding carboxylic acids is 1. The second-order valence-corrected chi connectivity index (χ2v) is 5.13. The van der Waals surface area contributed by atoms with E-state index in [-0.39, 0.29) is 11.9 Å². The van der Waals surface area contributed by atoms with Crippen molar-refractivity contribution in [2.24, 2.45) is 5.73 Å². The third-order valence-corrected chi connectivity index (χ3v) is 3.97. The first-order valence-electron chi connectivity index (χ1n) is 5.32. The van der Waals surface area contributed by atoms with Crippen LogP contribution >= 0.6 is 11.3 Å². The fraction of sp³-hybridized carbons (Fsp3) is 0.545. The Morgan fingerprint density at radius 1 is 1.53 bits per heavy atom. The van der Waals surface area contributed by atoms with Crippen LogP contribution in [0.4, 0.5) is 0 Å². The van der Waals surface area contributed by atoms with Crippen molar-refractivity contribution in [3.63, 3.8) is 0 Å². The van der Waals surface area contributed by atoms with E-state index >= 15 is 0 Å². The molecule has 2 heterocycles. The van der Waals surface area contributed by atoms with E-state index in [1.807, 2.05) is 4.90 Å². The Balaban J connectivity index is 2.00. The molecule has 1 aliphatic rings. The molecule has 1 atom stereocenters. The lowest BCUT2D eigenvalue weighted by Crippen LogP contribution is -2.33. The smallest absolute Gasteiger partial charge is 0.239 e. The highest BCUT2D eigenvalue weighted by Gasteiger charge is 2.28. The minimum absolute atomic E-state index is 0.0986. The van der Waals surface area contributed by atoms with E-state index in [1.54, 1.807) is 11.3 Å². The summed E-state index contributed by atoms with van der Waals surface area (Å²) in [5.41, 5.74) is 5.67. The molecule has 2 N–H and O–H groups in total. The lowest BCUT2D eigenvalue weighted by atomic mass is 10.3. The molecule has 1 fully saturated rings. The van der Waals surface area contributed by atoms with Crippen LogP contribution in [0.5, 0.6) is 0 Å². The Hall–Kier alpha value is -0.870. The monoisotopic (exact) mass is 224 g/mol. The highest BCUT2D eigenvalue weighted by molar-refractivity contribution is 7.11. The van der Waals surface area contributed by atoms with Crippen molar-refractivity contribution in [3.8, 4) is 0 Å². The standard InChI is InChI=1S/C11H16N2OS/c1-2-8-3-4-9(15-8)7-13-6-5-10(12)11(13)14/h3-4,10H,2,5-7,12H2,1H3. The quantitative estimate of drug-likeness (QED) is 0.843. The minimum atomic E-state index is -0.268. The zero-order valence-electron chi connectivity index (χ0n) is 8.90. The fourth-order valence-corrected chi connectivity index (χ4v) is 2.78. The maximum Gasteiger partial charge on any atom is 0.239 e. The zero-order chi connectivity index (χ0) is 10.8. The van der Waals surface area contributed by atoms with Gasteiger partial charge in [0.2, 0.25) is 5.91 Å². The second-order valence-electron chi connectivity index (χ2n) is 3.88. The number of nitrogens with zero attached hydrogens (tertiary/aromatic N) is 1. The van der Waals surface area contributed by atoms with Gasteiger partial charge in [0.15, 0.2) is 0 Å². The first-order chi connectivity index (χ1) is 7.20. The van der Waals surface area contributed by atoms with Crippen LogP contribution in [0.2, 0.25) is 0 Å². The molecule has 1 aromatic heterocycles. The Labute approximate surface area is 93.9 Å². The molecule has 15 heavy (non-hydrogen) atoms. The molecule has 1 unspecified atom stereocenters. The average molecular weight is 224 g/mol. The topological polar surface area (TPSA) is 46.3 Å². The molecule has 1 aromatic rings. The average Bonchev–Trinajstić information content (AvgIpc) is 2.80. The number of thiophene rings is 1. The summed E-state index contributed by atoms with van der Waals surface area (Å²) in [6.07, 6.45) is 1.86. The Bertz CT molecular complexity index is 361. The van der Waals surface area contributed by atoms with E-state index < -0.39 is 0 Å². The van der Waals surface area contributed by atoms with Gasteiger partial charge in [0, 0.05) is 16.3 Å². The summed E-state index contributed by atoms with van der Waals surface area (Å²) in [6, 6.07) is 3.98. The molecule has 0 aliphatic carbocycles. The first-order valence-corrected chi connectivity index (χ1v) is 6.14. The molecule has 4 heteroatoms. The molecule has 82 valence electrons. The van der Waals surface area contributed by atoms with Gasteiger partial charge < -0.3 is 10.6 Å². The number of hydrogen-bond donors (Lipinski definition) is 1. The van der Waals surface area contributed by atoms with E-state index in [4.69, 9.17) is 5.73 Å². The van der Waals surface area contributed by atoms with E-state index in [0.717, 1.165) is 25.9 Å². The Kier molecular flexibility index (Phi) is 3.07. The molecule has 0 saturated carbocycles. The van der Waals surface area contributed by atoms with Gasteiger partial charge in [-0.2, -0.15) is 0 Å². The molecule has 0 aromatic carbocycles. The van der Waals surface area contributed by atoms with Crippen LogP contribution in [0.3, 0.4) is 0 Å². The molecular weight excluding hydrogens is 208 g/mol. The molecule has 1 amide bonds. The van der Waals surface area contributed by atoms with Crippen LogP contribution in [0.1, 0.15) is 23.1 Å². The highest BCUT2D eigenvalue weighted by atomic mass is 32.1. The van der Waals surface area contributed by atoms with Crippen LogP contribution < -0.4 is 5.73 Å². The third-order valence-electron chi connectivity index (χ3n) is 2.75. The third kappa shape index (κ3) is 2.21. The van der Waals surface area contributed by atoms with Gasteiger partial charge in [-0.3, -0.25) is 4.79 Å². The van der Waals surface area contributed by atoms with Crippen molar-refractivity contribution < 1.29 is 4.79 Å². The van der Waals surface area contributed by atoms with Gasteiger partial charge in [0.05, 0.1) is 12.6 Å². The fourth-order valence-electron chi connectivity index (χ4n) is 1.81. The second kappa shape index (κ2) is 4.33. The Morgan fingerprint density at radius 2 is 2.27 bits per heavy atom. The summed E-state index contributed by atoms with van der Waals surface area (Å²) in [7, 11) is 0. The van der Waals surface area contributed by atoms with Crippen molar-refractivity contribution in [2.75, 3.05) is 6.54 Å². The van der Waals surface area contributed by atoms with E-state index in [1.165, 1.54) is 9.75 Å². The van der Waals surface area contributed by atoms with Crippen molar-refractivity contribution in [2.45, 2.75) is 32.4 Å². The number of aryl methyl sites for hydroxylation is 1. The molecular formula is C11H16N2OS. The molecule has 3 nitrogen and oxygen atoms in total. The number of amides is 1. The maximum atomic E-state index is 11.6. The van der Waals surface area contributed by atoms with Crippen LogP contribution in [-0.4, -0.2) is 23.4 Å². The summed E-state index contributed by atoms with van der Waals surface area (Å²) in [4.78, 5) is 16.1. The number of hydrogen-bond acceptors (Lipinski definition) is 3. The lowest BCUT2D eigenvalue weighted by molar-refractivity contribution is -0.129. The van der Waals surface area contributed by atoms with Crippen molar-refractivity contribution in [1.82, 2.24) is 4.90 Å². The van der Waals surface area contributed by atoms with Gasteiger partial charge in [0.25, 0.3) is 0 Å². The van der Waals surface area contributed by atoms with Gasteiger partial charge in [-0.15, -0.1) is 11.3 Å². The maximum absolute atomic E-state index is 11.6. The molecule has 0 radical (unpaired) electrons. The van der Waals surface area contributed by atoms with Gasteiger partial charge >= 0.3 is 0 Å². The van der Waals surface area contributed by atoms with Gasteiger partial charge in [-0.25, -0.2) is 0 Å². The normalized spacial score (nSPS) is 21.3. The van der Waals surface area contributed by atoms with Crippen LogP contribution in [0.15, 0.2) is 12.1 Å². The highest BCUT2D eigenvalue weighted by Crippen LogP contribution is 2.21. The predicted molar refractivity (Wildman–Crippen MR) is 61.7 cm³/mol. The van der Waals surface area contributed by atoms with Crippen LogP contribution in [0.25, 0.3) is 0 Å². The number of carbonyl (C=O) groups is 1. The SMILES string of the molecule is CCc1ccc(CN2CCC(N)C2=O)s1. The zero-order valence-corrected chi connectivity index (χ0v) is 9.72. The predicted octanol–water partition coefficient (Wildman–Crippen LogP) is 1.37. The van der Waals surface area contributed by atoms with Crippen LogP contribution in [0, 0.1) is 0 Å². The van der Waals surface area contributed by atoms with E-state index in [2.05, 4.69) is 19.1 Å². The van der Waals surface area contributed by atoms with Crippen molar-refractivity contribution >= 4 is 17.2 Å². The van der Waals surface area contributed by atoms with Crippen molar-refractivity contribution in [3.05, 3.63) is 21.9 Å². The number of rotatable bonds is 3. The molecule has 2 rings (SSSR count).